The number of aryl methyl sites for hydroxylation is 1. The van der Waals surface area contributed by atoms with E-state index >= 15 is 0 Å². The summed E-state index contributed by atoms with van der Waals surface area (Å²) in [5, 5.41) is 8.80. The molecule has 5 nitrogen and oxygen atoms in total. The van der Waals surface area contributed by atoms with Crippen molar-refractivity contribution in [3.05, 3.63) is 65.8 Å². The number of hydrogen-bond acceptors (Lipinski definition) is 4. The smallest absolute Gasteiger partial charge is 0.371 e. The molecule has 0 spiro atoms. The maximum atomic E-state index is 10.7. The number of hydrogen-bond donors (Lipinski definition) is 1. The summed E-state index contributed by atoms with van der Waals surface area (Å²) in [5.41, 5.74) is 2.03. The molecule has 5 heteroatoms. The molecule has 0 aliphatic rings. The summed E-state index contributed by atoms with van der Waals surface area (Å²) in [5.74, 6) is 0.764. The zero-order chi connectivity index (χ0) is 15.5. The molecule has 0 bridgehead atoms. The fraction of sp³-hybridized carbons (Fsp3) is 0.118. The Morgan fingerprint density at radius 3 is 2.73 bits per heavy atom. The third kappa shape index (κ3) is 2.88. The Labute approximate surface area is 126 Å². The molecule has 0 unspecified atom stereocenters. The van der Waals surface area contributed by atoms with Crippen molar-refractivity contribution < 1.29 is 23.5 Å². The van der Waals surface area contributed by atoms with Crippen molar-refractivity contribution in [2.45, 2.75) is 13.5 Å². The highest BCUT2D eigenvalue weighted by molar-refractivity contribution is 5.84. The van der Waals surface area contributed by atoms with Crippen molar-refractivity contribution in [3.8, 4) is 17.1 Å². The number of carboxylic acids is 1. The van der Waals surface area contributed by atoms with Gasteiger partial charge in [0, 0.05) is 5.56 Å². The first-order valence-corrected chi connectivity index (χ1v) is 6.73. The van der Waals surface area contributed by atoms with Gasteiger partial charge < -0.3 is 18.7 Å². The van der Waals surface area contributed by atoms with Crippen molar-refractivity contribution in [3.63, 3.8) is 0 Å². The summed E-state index contributed by atoms with van der Waals surface area (Å²) in [4.78, 5) is 10.7. The van der Waals surface area contributed by atoms with E-state index in [4.69, 9.17) is 18.7 Å². The lowest BCUT2D eigenvalue weighted by atomic mass is 10.1. The van der Waals surface area contributed by atoms with E-state index in [0.717, 1.165) is 16.9 Å². The molecule has 2 aromatic heterocycles. The Morgan fingerprint density at radius 2 is 2.09 bits per heavy atom. The molecule has 3 rings (SSSR count). The summed E-state index contributed by atoms with van der Waals surface area (Å²) in [6.45, 7) is 2.15. The van der Waals surface area contributed by atoms with Gasteiger partial charge >= 0.3 is 5.97 Å². The largest absolute Gasteiger partial charge is 0.486 e. The first-order valence-electron chi connectivity index (χ1n) is 6.73. The minimum Gasteiger partial charge on any atom is -0.486 e. The maximum absolute atomic E-state index is 10.7. The molecule has 1 N–H and O–H groups in total. The molecule has 1 aromatic carbocycles. The van der Waals surface area contributed by atoms with Crippen molar-refractivity contribution in [2.75, 3.05) is 0 Å². The minimum absolute atomic E-state index is 0.0945. The lowest BCUT2D eigenvalue weighted by Crippen LogP contribution is -1.96. The van der Waals surface area contributed by atoms with E-state index in [1.165, 1.54) is 6.07 Å². The van der Waals surface area contributed by atoms with E-state index in [0.29, 0.717) is 11.5 Å². The predicted molar refractivity (Wildman–Crippen MR) is 78.9 cm³/mol. The van der Waals surface area contributed by atoms with Crippen LogP contribution >= 0.6 is 0 Å². The van der Waals surface area contributed by atoms with Crippen LogP contribution in [0.3, 0.4) is 0 Å². The number of carboxylic acid groups (broad SMARTS) is 1. The van der Waals surface area contributed by atoms with Crippen LogP contribution in [0.4, 0.5) is 0 Å². The average molecular weight is 298 g/mol. The first-order chi connectivity index (χ1) is 10.6. The zero-order valence-electron chi connectivity index (χ0n) is 11.9. The van der Waals surface area contributed by atoms with Gasteiger partial charge in [0.05, 0.1) is 6.26 Å². The molecule has 0 saturated heterocycles. The topological polar surface area (TPSA) is 72.8 Å². The number of furan rings is 2. The highest BCUT2D eigenvalue weighted by atomic mass is 16.5. The van der Waals surface area contributed by atoms with Gasteiger partial charge in [-0.1, -0.05) is 0 Å². The van der Waals surface area contributed by atoms with Crippen molar-refractivity contribution >= 4 is 5.97 Å². The van der Waals surface area contributed by atoms with E-state index in [-0.39, 0.29) is 12.4 Å². The number of rotatable bonds is 5. The second kappa shape index (κ2) is 5.81. The highest BCUT2D eigenvalue weighted by Crippen LogP contribution is 2.27. The Bertz CT molecular complexity index is 783. The van der Waals surface area contributed by atoms with Crippen LogP contribution in [0.1, 0.15) is 21.9 Å². The quantitative estimate of drug-likeness (QED) is 0.766. The minimum atomic E-state index is -1.09. The van der Waals surface area contributed by atoms with E-state index in [9.17, 15) is 4.79 Å². The monoisotopic (exact) mass is 298 g/mol. The predicted octanol–water partition coefficient (Wildman–Crippen LogP) is 4.13. The molecule has 22 heavy (non-hydrogen) atoms. The van der Waals surface area contributed by atoms with Crippen LogP contribution in [0.25, 0.3) is 11.3 Å². The van der Waals surface area contributed by atoms with Gasteiger partial charge in [-0.25, -0.2) is 4.79 Å². The van der Waals surface area contributed by atoms with Gasteiger partial charge in [-0.3, -0.25) is 0 Å². The third-order valence-corrected chi connectivity index (χ3v) is 3.24. The Kier molecular flexibility index (Phi) is 3.70. The lowest BCUT2D eigenvalue weighted by Gasteiger charge is -2.08. The summed E-state index contributed by atoms with van der Waals surface area (Å²) < 4.78 is 16.1. The summed E-state index contributed by atoms with van der Waals surface area (Å²) in [6.07, 6.45) is 1.64. The molecular weight excluding hydrogens is 284 g/mol. The van der Waals surface area contributed by atoms with Gasteiger partial charge in [-0.05, 0) is 55.0 Å². The first kappa shape index (κ1) is 14.0. The van der Waals surface area contributed by atoms with Gasteiger partial charge in [0.1, 0.15) is 23.9 Å². The van der Waals surface area contributed by atoms with Crippen LogP contribution in [0.5, 0.6) is 5.75 Å². The molecule has 0 aliphatic carbocycles. The van der Waals surface area contributed by atoms with Crippen molar-refractivity contribution in [1.29, 1.82) is 0 Å². The number of aromatic carboxylic acids is 1. The maximum Gasteiger partial charge on any atom is 0.371 e. The second-order valence-corrected chi connectivity index (χ2v) is 4.81. The average Bonchev–Trinajstić information content (AvgIpc) is 3.17. The molecule has 0 fully saturated rings. The molecule has 0 radical (unpaired) electrons. The van der Waals surface area contributed by atoms with Crippen LogP contribution < -0.4 is 4.74 Å². The molecule has 0 aliphatic heterocycles. The number of benzene rings is 1. The van der Waals surface area contributed by atoms with Gasteiger partial charge in [0.2, 0.25) is 5.76 Å². The van der Waals surface area contributed by atoms with Gasteiger partial charge in [-0.2, -0.15) is 0 Å². The SMILES string of the molecule is Cc1cc(OCc2ccc(C(=O)O)o2)ccc1-c1ccco1. The summed E-state index contributed by atoms with van der Waals surface area (Å²) in [6, 6.07) is 12.4. The molecule has 2 heterocycles. The molecule has 0 saturated carbocycles. The fourth-order valence-electron chi connectivity index (χ4n) is 2.16. The van der Waals surface area contributed by atoms with Crippen LogP contribution in [-0.2, 0) is 6.61 Å². The van der Waals surface area contributed by atoms with Crippen LogP contribution in [0.2, 0.25) is 0 Å². The molecule has 0 amide bonds. The zero-order valence-corrected chi connectivity index (χ0v) is 11.9. The Hall–Kier alpha value is -2.95. The van der Waals surface area contributed by atoms with E-state index < -0.39 is 5.97 Å². The highest BCUT2D eigenvalue weighted by Gasteiger charge is 2.10. The molecule has 3 aromatic rings. The van der Waals surface area contributed by atoms with Crippen molar-refractivity contribution in [2.24, 2.45) is 0 Å². The number of carbonyl (C=O) groups is 1. The van der Waals surface area contributed by atoms with Gasteiger partial charge in [0.15, 0.2) is 0 Å². The molecule has 112 valence electrons. The molecule has 0 atom stereocenters. The molecular formula is C17H14O5. The van der Waals surface area contributed by atoms with Gasteiger partial charge in [0.25, 0.3) is 0 Å². The summed E-state index contributed by atoms with van der Waals surface area (Å²) >= 11 is 0. The van der Waals surface area contributed by atoms with Crippen molar-refractivity contribution in [1.82, 2.24) is 0 Å². The Morgan fingerprint density at radius 1 is 1.23 bits per heavy atom. The Balaban J connectivity index is 1.70. The van der Waals surface area contributed by atoms with E-state index in [1.54, 1.807) is 12.3 Å². The van der Waals surface area contributed by atoms with E-state index in [1.807, 2.05) is 37.3 Å². The summed E-state index contributed by atoms with van der Waals surface area (Å²) in [7, 11) is 0. The van der Waals surface area contributed by atoms with Gasteiger partial charge in [-0.15, -0.1) is 0 Å². The van der Waals surface area contributed by atoms with Crippen LogP contribution in [-0.4, -0.2) is 11.1 Å². The standard InChI is InChI=1S/C17H14O5/c1-11-9-12(4-6-14(11)15-3-2-8-20-15)21-10-13-5-7-16(22-13)17(18)19/h2-9H,10H2,1H3,(H,18,19). The fourth-order valence-corrected chi connectivity index (χ4v) is 2.16. The number of ether oxygens (including phenoxy) is 1. The second-order valence-electron chi connectivity index (χ2n) is 4.81. The van der Waals surface area contributed by atoms with Crippen LogP contribution in [0.15, 0.2) is 57.6 Å². The van der Waals surface area contributed by atoms with Crippen LogP contribution in [0, 0.1) is 6.92 Å². The third-order valence-electron chi connectivity index (χ3n) is 3.24. The normalized spacial score (nSPS) is 10.6. The van der Waals surface area contributed by atoms with E-state index in [2.05, 4.69) is 0 Å². The lowest BCUT2D eigenvalue weighted by molar-refractivity contribution is 0.0658.